The van der Waals surface area contributed by atoms with Gasteiger partial charge in [-0.05, 0) is 22.0 Å². The number of carbonyl (C=O) groups is 1. The zero-order valence-corrected chi connectivity index (χ0v) is 11.5. The minimum atomic E-state index is -1.12. The second-order valence-corrected chi connectivity index (χ2v) is 4.94. The van der Waals surface area contributed by atoms with Gasteiger partial charge in [-0.15, -0.1) is 0 Å². The van der Waals surface area contributed by atoms with Gasteiger partial charge in [-0.3, -0.25) is 0 Å². The fourth-order valence-electron chi connectivity index (χ4n) is 2.10. The van der Waals surface area contributed by atoms with Crippen molar-refractivity contribution in [1.82, 2.24) is 9.72 Å². The molecule has 0 aliphatic rings. The molecule has 0 fully saturated rings. The maximum Gasteiger partial charge on any atom is 0.359 e. The summed E-state index contributed by atoms with van der Waals surface area (Å²) in [5.74, 6) is -0.698. The molecular weight excluding hydrogens is 312 g/mol. The first kappa shape index (κ1) is 12.0. The Bertz CT molecular complexity index is 788. The van der Waals surface area contributed by atoms with Crippen LogP contribution in [0.5, 0.6) is 0 Å². The summed E-state index contributed by atoms with van der Waals surface area (Å²) in [6.45, 7) is 0. The van der Waals surface area contributed by atoms with Gasteiger partial charge in [0, 0.05) is 29.7 Å². The maximum absolute atomic E-state index is 11.0. The van der Waals surface area contributed by atoms with Gasteiger partial charge in [-0.1, -0.05) is 23.4 Å². The third kappa shape index (κ3) is 1.76. The first-order chi connectivity index (χ1) is 9.09. The summed E-state index contributed by atoms with van der Waals surface area (Å²) < 4.78 is 7.49. The molecule has 2 heterocycles. The summed E-state index contributed by atoms with van der Waals surface area (Å²) in [6, 6.07) is 7.82. The summed E-state index contributed by atoms with van der Waals surface area (Å²) in [5.41, 5.74) is 1.73. The molecule has 0 bridgehead atoms. The Morgan fingerprint density at radius 2 is 2.16 bits per heavy atom. The van der Waals surface area contributed by atoms with Crippen LogP contribution in [0, 0.1) is 0 Å². The summed E-state index contributed by atoms with van der Waals surface area (Å²) in [4.78, 5) is 11.0. The molecule has 0 radical (unpaired) electrons. The van der Waals surface area contributed by atoms with Crippen LogP contribution in [0.2, 0.25) is 0 Å². The lowest BCUT2D eigenvalue weighted by Crippen LogP contribution is -1.96. The molecule has 96 valence electrons. The van der Waals surface area contributed by atoms with Gasteiger partial charge in [0.2, 0.25) is 5.69 Å². The summed E-state index contributed by atoms with van der Waals surface area (Å²) in [7, 11) is 1.92. The SMILES string of the molecule is Cn1cc(-c2onc(C(=O)O)c2Br)c2ccccc21. The molecule has 0 saturated carbocycles. The Balaban J connectivity index is 2.28. The van der Waals surface area contributed by atoms with Crippen LogP contribution in [0.15, 0.2) is 39.5 Å². The number of para-hydroxylation sites is 1. The minimum Gasteiger partial charge on any atom is -0.476 e. The van der Waals surface area contributed by atoms with E-state index in [1.54, 1.807) is 0 Å². The molecule has 0 saturated heterocycles. The van der Waals surface area contributed by atoms with Crippen molar-refractivity contribution in [2.24, 2.45) is 7.05 Å². The number of aromatic nitrogens is 2. The number of benzene rings is 1. The molecule has 3 aromatic rings. The normalized spacial score (nSPS) is 11.1. The van der Waals surface area contributed by atoms with Crippen LogP contribution in [0.4, 0.5) is 0 Å². The zero-order valence-electron chi connectivity index (χ0n) is 9.92. The molecule has 0 aliphatic heterocycles. The fraction of sp³-hybridized carbons (Fsp3) is 0.0769. The molecule has 2 aromatic heterocycles. The van der Waals surface area contributed by atoms with E-state index in [4.69, 9.17) is 9.63 Å². The number of halogens is 1. The Morgan fingerprint density at radius 1 is 1.42 bits per heavy atom. The van der Waals surface area contributed by atoms with Crippen molar-refractivity contribution in [3.8, 4) is 11.3 Å². The van der Waals surface area contributed by atoms with Crippen molar-refractivity contribution in [1.29, 1.82) is 0 Å². The first-order valence-electron chi connectivity index (χ1n) is 5.52. The van der Waals surface area contributed by atoms with E-state index in [1.165, 1.54) is 0 Å². The molecule has 0 atom stereocenters. The van der Waals surface area contributed by atoms with Crippen molar-refractivity contribution in [3.63, 3.8) is 0 Å². The van der Waals surface area contributed by atoms with Gasteiger partial charge in [0.15, 0.2) is 5.76 Å². The largest absolute Gasteiger partial charge is 0.476 e. The quantitative estimate of drug-likeness (QED) is 0.786. The number of carboxylic acids is 1. The van der Waals surface area contributed by atoms with Gasteiger partial charge in [-0.25, -0.2) is 4.79 Å². The van der Waals surface area contributed by atoms with Crippen LogP contribution in [0.1, 0.15) is 10.5 Å². The molecule has 0 aliphatic carbocycles. The third-order valence-corrected chi connectivity index (χ3v) is 3.72. The maximum atomic E-state index is 11.0. The highest BCUT2D eigenvalue weighted by Gasteiger charge is 2.22. The highest BCUT2D eigenvalue weighted by molar-refractivity contribution is 9.10. The molecular formula is C13H9BrN2O3. The Labute approximate surface area is 116 Å². The third-order valence-electron chi connectivity index (χ3n) is 2.98. The number of carboxylic acid groups (broad SMARTS) is 1. The van der Waals surface area contributed by atoms with Crippen LogP contribution < -0.4 is 0 Å². The lowest BCUT2D eigenvalue weighted by atomic mass is 10.1. The lowest BCUT2D eigenvalue weighted by Gasteiger charge is -1.94. The fourth-order valence-corrected chi connectivity index (χ4v) is 2.63. The van der Waals surface area contributed by atoms with Gasteiger partial charge in [-0.2, -0.15) is 0 Å². The minimum absolute atomic E-state index is 0.122. The highest BCUT2D eigenvalue weighted by atomic mass is 79.9. The van der Waals surface area contributed by atoms with Crippen LogP contribution >= 0.6 is 15.9 Å². The topological polar surface area (TPSA) is 68.3 Å². The Hall–Kier alpha value is -2.08. The van der Waals surface area contributed by atoms with Crippen molar-refractivity contribution in [3.05, 3.63) is 40.6 Å². The van der Waals surface area contributed by atoms with Gasteiger partial charge < -0.3 is 14.2 Å². The van der Waals surface area contributed by atoms with E-state index in [9.17, 15) is 4.79 Å². The van der Waals surface area contributed by atoms with Gasteiger partial charge in [0.05, 0.1) is 0 Å². The first-order valence-corrected chi connectivity index (χ1v) is 6.32. The molecule has 19 heavy (non-hydrogen) atoms. The molecule has 1 N–H and O–H groups in total. The van der Waals surface area contributed by atoms with Crippen LogP contribution in [-0.2, 0) is 7.05 Å². The number of rotatable bonds is 2. The van der Waals surface area contributed by atoms with Gasteiger partial charge >= 0.3 is 5.97 Å². The van der Waals surface area contributed by atoms with E-state index >= 15 is 0 Å². The van der Waals surface area contributed by atoms with E-state index in [-0.39, 0.29) is 5.69 Å². The van der Waals surface area contributed by atoms with Gasteiger partial charge in [0.1, 0.15) is 4.47 Å². The predicted molar refractivity (Wildman–Crippen MR) is 73.1 cm³/mol. The van der Waals surface area contributed by atoms with E-state index in [0.717, 1.165) is 16.5 Å². The average molecular weight is 321 g/mol. The molecule has 5 nitrogen and oxygen atoms in total. The van der Waals surface area contributed by atoms with Gasteiger partial charge in [0.25, 0.3) is 0 Å². The Morgan fingerprint density at radius 3 is 2.84 bits per heavy atom. The standard InChI is InChI=1S/C13H9BrN2O3/c1-16-6-8(7-4-2-3-5-9(7)16)12-10(14)11(13(17)18)15-19-12/h2-6H,1H3,(H,17,18). The number of hydrogen-bond donors (Lipinski definition) is 1. The van der Waals surface area contributed by atoms with Crippen molar-refractivity contribution < 1.29 is 14.4 Å². The van der Waals surface area contributed by atoms with Crippen LogP contribution in [-0.4, -0.2) is 20.8 Å². The number of fused-ring (bicyclic) bond motifs is 1. The second kappa shape index (κ2) is 4.24. The lowest BCUT2D eigenvalue weighted by molar-refractivity contribution is 0.0685. The monoisotopic (exact) mass is 320 g/mol. The molecule has 1 aromatic carbocycles. The number of aromatic carboxylic acids is 1. The summed E-state index contributed by atoms with van der Waals surface area (Å²) in [6.07, 6.45) is 1.89. The van der Waals surface area contributed by atoms with Crippen LogP contribution in [0.3, 0.4) is 0 Å². The number of nitrogens with zero attached hydrogens (tertiary/aromatic N) is 2. The average Bonchev–Trinajstić information content (AvgIpc) is 2.91. The van der Waals surface area contributed by atoms with E-state index in [0.29, 0.717) is 10.2 Å². The Kier molecular flexibility index (Phi) is 2.67. The van der Waals surface area contributed by atoms with E-state index in [1.807, 2.05) is 42.1 Å². The second-order valence-electron chi connectivity index (χ2n) is 4.15. The highest BCUT2D eigenvalue weighted by Crippen LogP contribution is 2.36. The summed E-state index contributed by atoms with van der Waals surface area (Å²) in [5, 5.41) is 13.5. The van der Waals surface area contributed by atoms with Crippen molar-refractivity contribution in [2.75, 3.05) is 0 Å². The summed E-state index contributed by atoms with van der Waals surface area (Å²) >= 11 is 3.24. The molecule has 0 amide bonds. The number of aryl methyl sites for hydroxylation is 1. The predicted octanol–water partition coefficient (Wildman–Crippen LogP) is 3.29. The van der Waals surface area contributed by atoms with Crippen molar-refractivity contribution in [2.45, 2.75) is 0 Å². The number of hydrogen-bond acceptors (Lipinski definition) is 3. The molecule has 3 rings (SSSR count). The van der Waals surface area contributed by atoms with Crippen molar-refractivity contribution >= 4 is 32.8 Å². The van der Waals surface area contributed by atoms with Crippen LogP contribution in [0.25, 0.3) is 22.2 Å². The van der Waals surface area contributed by atoms with E-state index in [2.05, 4.69) is 21.1 Å². The molecule has 0 unspecified atom stereocenters. The zero-order chi connectivity index (χ0) is 13.6. The molecule has 0 spiro atoms. The smallest absolute Gasteiger partial charge is 0.359 e. The molecule has 6 heteroatoms. The van der Waals surface area contributed by atoms with E-state index < -0.39 is 5.97 Å².